The van der Waals surface area contributed by atoms with Crippen LogP contribution < -0.4 is 10.1 Å². The lowest BCUT2D eigenvalue weighted by atomic mass is 9.94. The van der Waals surface area contributed by atoms with Gasteiger partial charge in [-0.05, 0) is 38.0 Å². The van der Waals surface area contributed by atoms with Crippen LogP contribution in [0.1, 0.15) is 49.7 Å². The highest BCUT2D eigenvalue weighted by molar-refractivity contribution is 7.99. The first-order chi connectivity index (χ1) is 16.6. The summed E-state index contributed by atoms with van der Waals surface area (Å²) in [4.78, 5) is 14.4. The maximum atomic E-state index is 9.17. The topological polar surface area (TPSA) is 112 Å². The van der Waals surface area contributed by atoms with E-state index in [4.69, 9.17) is 19.3 Å². The van der Waals surface area contributed by atoms with Crippen molar-refractivity contribution >= 4 is 34.2 Å². The smallest absolute Gasteiger partial charge is 0.208 e. The fourth-order valence-corrected chi connectivity index (χ4v) is 5.35. The second-order valence-corrected chi connectivity index (χ2v) is 10.2. The quantitative estimate of drug-likeness (QED) is 0.409. The number of rotatable bonds is 8. The van der Waals surface area contributed by atoms with E-state index in [1.807, 2.05) is 25.1 Å². The first kappa shape index (κ1) is 23.4. The fraction of sp³-hybridized carbons (Fsp3) is 0.478. The Morgan fingerprint density at radius 1 is 1.26 bits per heavy atom. The van der Waals surface area contributed by atoms with Crippen LogP contribution in [-0.2, 0) is 9.47 Å². The molecule has 5 rings (SSSR count). The third kappa shape index (κ3) is 5.33. The minimum absolute atomic E-state index is 0.0877. The number of aliphatic hydroxyl groups excluding tert-OH is 1. The van der Waals surface area contributed by atoms with Crippen LogP contribution in [0.15, 0.2) is 35.5 Å². The van der Waals surface area contributed by atoms with Crippen LogP contribution in [0.3, 0.4) is 0 Å². The Kier molecular flexibility index (Phi) is 7.26. The van der Waals surface area contributed by atoms with Gasteiger partial charge in [-0.15, -0.1) is 11.8 Å². The lowest BCUT2D eigenvalue weighted by Gasteiger charge is -2.31. The van der Waals surface area contributed by atoms with E-state index < -0.39 is 5.79 Å². The maximum Gasteiger partial charge on any atom is 0.208 e. The molecule has 2 N–H and O–H groups in total. The molecule has 1 aliphatic heterocycles. The van der Waals surface area contributed by atoms with Gasteiger partial charge in [0.1, 0.15) is 11.9 Å². The van der Waals surface area contributed by atoms with Gasteiger partial charge < -0.3 is 24.6 Å². The Hall–Kier alpha value is -2.31. The van der Waals surface area contributed by atoms with Crippen molar-refractivity contribution in [2.75, 3.05) is 24.3 Å². The molecule has 11 heteroatoms. The standard InChI is InChI=1S/C23H27N5O4S2/c1-15-17(6-5-9-24-15)31-18-12-16(33-11-10-29)13-25-20(18)26-22-27-21(28-34-22)19-14-30-23(32-19)7-3-2-4-8-23/h5-6,9,12-13,19,29H,2-4,7-8,10-11,14H2,1H3,(H,25,26,27,28). The van der Waals surface area contributed by atoms with E-state index in [0.29, 0.717) is 40.6 Å². The van der Waals surface area contributed by atoms with E-state index in [9.17, 15) is 0 Å². The minimum Gasteiger partial charge on any atom is -0.452 e. The van der Waals surface area contributed by atoms with Gasteiger partial charge in [-0.1, -0.05) is 6.42 Å². The molecule has 1 aliphatic carbocycles. The highest BCUT2D eigenvalue weighted by Crippen LogP contribution is 2.42. The lowest BCUT2D eigenvalue weighted by molar-refractivity contribution is -0.188. The van der Waals surface area contributed by atoms with E-state index in [0.717, 1.165) is 36.3 Å². The average Bonchev–Trinajstić information content (AvgIpc) is 3.48. The number of aryl methyl sites for hydroxylation is 1. The summed E-state index contributed by atoms with van der Waals surface area (Å²) >= 11 is 2.75. The zero-order valence-electron chi connectivity index (χ0n) is 18.9. The van der Waals surface area contributed by atoms with Crippen molar-refractivity contribution in [3.8, 4) is 11.5 Å². The number of hydrogen-bond donors (Lipinski definition) is 2. The second-order valence-electron chi connectivity index (χ2n) is 8.25. The molecule has 4 heterocycles. The number of thioether (sulfide) groups is 1. The molecule has 0 aromatic carbocycles. The van der Waals surface area contributed by atoms with E-state index in [-0.39, 0.29) is 12.7 Å². The van der Waals surface area contributed by atoms with Crippen LogP contribution in [0.25, 0.3) is 0 Å². The zero-order chi connectivity index (χ0) is 23.4. The molecule has 3 aromatic heterocycles. The molecule has 1 saturated carbocycles. The summed E-state index contributed by atoms with van der Waals surface area (Å²) < 4.78 is 23.0. The van der Waals surface area contributed by atoms with Gasteiger partial charge in [0, 0.05) is 47.4 Å². The van der Waals surface area contributed by atoms with Crippen molar-refractivity contribution in [2.24, 2.45) is 0 Å². The van der Waals surface area contributed by atoms with E-state index in [2.05, 4.69) is 24.6 Å². The third-order valence-corrected chi connectivity index (χ3v) is 7.38. The number of pyridine rings is 2. The van der Waals surface area contributed by atoms with Gasteiger partial charge in [0.15, 0.2) is 23.2 Å². The number of anilines is 2. The summed E-state index contributed by atoms with van der Waals surface area (Å²) in [6, 6.07) is 5.58. The molecular formula is C23H27N5O4S2. The van der Waals surface area contributed by atoms with Gasteiger partial charge in [-0.2, -0.15) is 4.37 Å². The van der Waals surface area contributed by atoms with Crippen molar-refractivity contribution in [2.45, 2.75) is 55.8 Å². The monoisotopic (exact) mass is 501 g/mol. The Balaban J connectivity index is 1.33. The fourth-order valence-electron chi connectivity index (χ4n) is 4.09. The Morgan fingerprint density at radius 3 is 2.97 bits per heavy atom. The van der Waals surface area contributed by atoms with Crippen LogP contribution in [0, 0.1) is 6.92 Å². The summed E-state index contributed by atoms with van der Waals surface area (Å²) in [7, 11) is 0. The zero-order valence-corrected chi connectivity index (χ0v) is 20.5. The van der Waals surface area contributed by atoms with Gasteiger partial charge in [0.25, 0.3) is 0 Å². The maximum absolute atomic E-state index is 9.17. The molecule has 2 fully saturated rings. The van der Waals surface area contributed by atoms with Crippen molar-refractivity contribution in [3.05, 3.63) is 42.1 Å². The predicted octanol–water partition coefficient (Wildman–Crippen LogP) is 5.01. The summed E-state index contributed by atoms with van der Waals surface area (Å²) in [5.41, 5.74) is 0.773. The van der Waals surface area contributed by atoms with Gasteiger partial charge in [-0.25, -0.2) is 9.97 Å². The van der Waals surface area contributed by atoms with Crippen molar-refractivity contribution in [3.63, 3.8) is 0 Å². The average molecular weight is 502 g/mol. The number of nitrogens with zero attached hydrogens (tertiary/aromatic N) is 4. The summed E-state index contributed by atoms with van der Waals surface area (Å²) in [6.45, 7) is 2.45. The summed E-state index contributed by atoms with van der Waals surface area (Å²) in [5, 5.41) is 13.0. The van der Waals surface area contributed by atoms with Crippen molar-refractivity contribution < 1.29 is 19.3 Å². The number of nitrogens with one attached hydrogen (secondary N) is 1. The molecule has 3 aromatic rings. The number of hydrogen-bond acceptors (Lipinski definition) is 11. The molecule has 0 amide bonds. The van der Waals surface area contributed by atoms with Crippen LogP contribution >= 0.6 is 23.3 Å². The molecular weight excluding hydrogens is 474 g/mol. The first-order valence-electron chi connectivity index (χ1n) is 11.4. The molecule has 1 atom stereocenters. The molecule has 0 radical (unpaired) electrons. The lowest BCUT2D eigenvalue weighted by Crippen LogP contribution is -2.32. The van der Waals surface area contributed by atoms with Crippen LogP contribution in [-0.4, -0.2) is 49.2 Å². The van der Waals surface area contributed by atoms with E-state index in [1.54, 1.807) is 12.4 Å². The molecule has 34 heavy (non-hydrogen) atoms. The Morgan fingerprint density at radius 2 is 2.15 bits per heavy atom. The number of ether oxygens (including phenoxy) is 3. The normalized spacial score (nSPS) is 19.4. The molecule has 1 unspecified atom stereocenters. The molecule has 0 bridgehead atoms. The molecule has 2 aliphatic rings. The van der Waals surface area contributed by atoms with E-state index in [1.165, 1.54) is 29.7 Å². The van der Waals surface area contributed by atoms with Crippen LogP contribution in [0.4, 0.5) is 10.9 Å². The predicted molar refractivity (Wildman–Crippen MR) is 130 cm³/mol. The van der Waals surface area contributed by atoms with Gasteiger partial charge in [-0.3, -0.25) is 4.98 Å². The van der Waals surface area contributed by atoms with Gasteiger partial charge in [0.05, 0.1) is 18.9 Å². The second kappa shape index (κ2) is 10.5. The van der Waals surface area contributed by atoms with E-state index >= 15 is 0 Å². The minimum atomic E-state index is -0.464. The first-order valence-corrected chi connectivity index (χ1v) is 13.2. The SMILES string of the molecule is Cc1ncccc1Oc1cc(SCCO)cnc1Nc1nc(C2COC3(CCCCC3)O2)ns1. The Labute approximate surface area is 206 Å². The van der Waals surface area contributed by atoms with Gasteiger partial charge >= 0.3 is 0 Å². The van der Waals surface area contributed by atoms with Crippen molar-refractivity contribution in [1.29, 1.82) is 0 Å². The Bertz CT molecular complexity index is 1120. The number of aromatic nitrogens is 4. The summed E-state index contributed by atoms with van der Waals surface area (Å²) in [5.74, 6) is 2.43. The molecule has 1 saturated heterocycles. The highest BCUT2D eigenvalue weighted by atomic mass is 32.2. The summed E-state index contributed by atoms with van der Waals surface area (Å²) in [6.07, 6.45) is 8.55. The molecule has 180 valence electrons. The van der Waals surface area contributed by atoms with Crippen molar-refractivity contribution in [1.82, 2.24) is 19.3 Å². The molecule has 9 nitrogen and oxygen atoms in total. The van der Waals surface area contributed by atoms with Crippen LogP contribution in [0.2, 0.25) is 0 Å². The largest absolute Gasteiger partial charge is 0.452 e. The highest BCUT2D eigenvalue weighted by Gasteiger charge is 2.44. The third-order valence-electron chi connectivity index (χ3n) is 5.79. The number of aliphatic hydroxyl groups is 1. The van der Waals surface area contributed by atoms with Gasteiger partial charge in [0.2, 0.25) is 5.13 Å². The van der Waals surface area contributed by atoms with Crippen LogP contribution in [0.5, 0.6) is 11.5 Å². The molecule has 1 spiro atoms.